The van der Waals surface area contributed by atoms with Gasteiger partial charge in [0.05, 0.1) is 0 Å². The SMILES string of the molecule is C=CC.CCCCCCCCC(CCC)(OC)C(Cl)(Cl)Cl. The van der Waals surface area contributed by atoms with Gasteiger partial charge in [-0.05, 0) is 19.8 Å². The first kappa shape index (κ1) is 23.8. The molecule has 0 bridgehead atoms. The Labute approximate surface area is 147 Å². The molecule has 0 aromatic heterocycles. The molecular weight excluding hydrogens is 327 g/mol. The summed E-state index contributed by atoms with van der Waals surface area (Å²) >= 11 is 18.3. The zero-order valence-electron chi connectivity index (χ0n) is 14.2. The molecule has 21 heavy (non-hydrogen) atoms. The Bertz CT molecular complexity index is 239. The molecule has 4 heteroatoms. The smallest absolute Gasteiger partial charge is 0.219 e. The summed E-state index contributed by atoms with van der Waals surface area (Å²) in [5.41, 5.74) is -0.628. The highest BCUT2D eigenvalue weighted by Crippen LogP contribution is 2.46. The lowest BCUT2D eigenvalue weighted by Crippen LogP contribution is -2.44. The van der Waals surface area contributed by atoms with E-state index in [1.807, 2.05) is 6.92 Å². The Hall–Kier alpha value is 0.570. The summed E-state index contributed by atoms with van der Waals surface area (Å²) in [4.78, 5) is 0. The van der Waals surface area contributed by atoms with Crippen molar-refractivity contribution >= 4 is 34.8 Å². The summed E-state index contributed by atoms with van der Waals surface area (Å²) in [6, 6.07) is 0. The van der Waals surface area contributed by atoms with E-state index >= 15 is 0 Å². The summed E-state index contributed by atoms with van der Waals surface area (Å²) in [5, 5.41) is 0. The third kappa shape index (κ3) is 10.8. The van der Waals surface area contributed by atoms with Crippen molar-refractivity contribution in [3.63, 3.8) is 0 Å². The van der Waals surface area contributed by atoms with Gasteiger partial charge in [-0.15, -0.1) is 6.58 Å². The number of methoxy groups -OCH3 is 1. The van der Waals surface area contributed by atoms with Gasteiger partial charge in [-0.2, -0.15) is 0 Å². The molecule has 0 saturated heterocycles. The molecule has 0 heterocycles. The minimum atomic E-state index is -1.35. The van der Waals surface area contributed by atoms with Crippen LogP contribution in [0.4, 0.5) is 0 Å². The number of hydrogen-bond acceptors (Lipinski definition) is 1. The van der Waals surface area contributed by atoms with Crippen molar-refractivity contribution < 1.29 is 4.74 Å². The number of hydrogen-bond donors (Lipinski definition) is 0. The van der Waals surface area contributed by atoms with E-state index in [4.69, 9.17) is 39.5 Å². The van der Waals surface area contributed by atoms with Crippen molar-refractivity contribution in [2.45, 2.75) is 88.0 Å². The highest BCUT2D eigenvalue weighted by Gasteiger charge is 2.47. The number of allylic oxidation sites excluding steroid dienone is 1. The standard InChI is InChI=1S/C14H27Cl3O.C3H6/c1-4-6-7-8-9-10-12-13(18-3,11-5-2)14(15,16)17;1-3-2/h4-12H2,1-3H3;3H,1H2,2H3. The van der Waals surface area contributed by atoms with Crippen LogP contribution >= 0.6 is 34.8 Å². The summed E-state index contributed by atoms with van der Waals surface area (Å²) in [6.07, 6.45) is 11.7. The van der Waals surface area contributed by atoms with Gasteiger partial charge in [0.15, 0.2) is 0 Å². The quantitative estimate of drug-likeness (QED) is 0.223. The number of halogens is 3. The highest BCUT2D eigenvalue weighted by atomic mass is 35.6. The number of unbranched alkanes of at least 4 members (excludes halogenated alkanes) is 5. The molecule has 0 saturated carbocycles. The van der Waals surface area contributed by atoms with E-state index in [0.29, 0.717) is 0 Å². The van der Waals surface area contributed by atoms with Gasteiger partial charge in [0.25, 0.3) is 0 Å². The topological polar surface area (TPSA) is 9.23 Å². The molecule has 0 aliphatic heterocycles. The fourth-order valence-electron chi connectivity index (χ4n) is 2.32. The summed E-state index contributed by atoms with van der Waals surface area (Å²) in [6.45, 7) is 9.56. The average molecular weight is 360 g/mol. The number of alkyl halides is 3. The molecule has 0 aliphatic rings. The molecular formula is C17H33Cl3O. The van der Waals surface area contributed by atoms with E-state index in [1.165, 1.54) is 32.1 Å². The minimum Gasteiger partial charge on any atom is -0.374 e. The minimum absolute atomic E-state index is 0.628. The van der Waals surface area contributed by atoms with Crippen molar-refractivity contribution in [3.05, 3.63) is 12.7 Å². The lowest BCUT2D eigenvalue weighted by atomic mass is 9.92. The van der Waals surface area contributed by atoms with Crippen LogP contribution in [0.1, 0.15) is 78.6 Å². The molecule has 0 aliphatic carbocycles. The molecule has 128 valence electrons. The van der Waals surface area contributed by atoms with Crippen LogP contribution in [0.2, 0.25) is 0 Å². The Morgan fingerprint density at radius 1 is 0.905 bits per heavy atom. The van der Waals surface area contributed by atoms with Crippen molar-refractivity contribution in [2.75, 3.05) is 7.11 Å². The van der Waals surface area contributed by atoms with Gasteiger partial charge in [-0.25, -0.2) is 0 Å². The Kier molecular flexibility index (Phi) is 16.1. The second-order valence-corrected chi connectivity index (χ2v) is 7.65. The number of ether oxygens (including phenoxy) is 1. The van der Waals surface area contributed by atoms with Crippen LogP contribution in [0.3, 0.4) is 0 Å². The molecule has 0 amide bonds. The van der Waals surface area contributed by atoms with Crippen molar-refractivity contribution in [1.29, 1.82) is 0 Å². The third-order valence-electron chi connectivity index (χ3n) is 3.50. The molecule has 1 atom stereocenters. The van der Waals surface area contributed by atoms with Crippen molar-refractivity contribution in [2.24, 2.45) is 0 Å². The summed E-state index contributed by atoms with van der Waals surface area (Å²) in [7, 11) is 1.65. The van der Waals surface area contributed by atoms with Crippen molar-refractivity contribution in [3.8, 4) is 0 Å². The monoisotopic (exact) mass is 358 g/mol. The fraction of sp³-hybridized carbons (Fsp3) is 0.882. The van der Waals surface area contributed by atoms with E-state index in [0.717, 1.165) is 25.7 Å². The van der Waals surface area contributed by atoms with Crippen LogP contribution in [-0.2, 0) is 4.74 Å². The molecule has 0 aromatic carbocycles. The maximum absolute atomic E-state index is 6.10. The van der Waals surface area contributed by atoms with E-state index in [9.17, 15) is 0 Å². The largest absolute Gasteiger partial charge is 0.374 e. The van der Waals surface area contributed by atoms with Crippen LogP contribution in [0.25, 0.3) is 0 Å². The van der Waals surface area contributed by atoms with Crippen LogP contribution in [0.15, 0.2) is 12.7 Å². The first-order chi connectivity index (χ1) is 9.85. The van der Waals surface area contributed by atoms with E-state index in [1.54, 1.807) is 13.2 Å². The Balaban J connectivity index is 0. The maximum Gasteiger partial charge on any atom is 0.219 e. The molecule has 0 radical (unpaired) electrons. The molecule has 0 rings (SSSR count). The van der Waals surface area contributed by atoms with Gasteiger partial charge >= 0.3 is 0 Å². The second kappa shape index (κ2) is 14.2. The maximum atomic E-state index is 6.10. The molecule has 0 fully saturated rings. The van der Waals surface area contributed by atoms with Crippen LogP contribution in [-0.4, -0.2) is 16.5 Å². The molecule has 1 nitrogen and oxygen atoms in total. The average Bonchev–Trinajstić information content (AvgIpc) is 2.41. The summed E-state index contributed by atoms with van der Waals surface area (Å²) in [5.74, 6) is 0. The van der Waals surface area contributed by atoms with Gasteiger partial charge in [-0.3, -0.25) is 0 Å². The van der Waals surface area contributed by atoms with Crippen LogP contribution < -0.4 is 0 Å². The molecule has 1 unspecified atom stereocenters. The second-order valence-electron chi connectivity index (χ2n) is 5.37. The Morgan fingerprint density at radius 3 is 1.76 bits per heavy atom. The fourth-order valence-corrected chi connectivity index (χ4v) is 3.12. The summed E-state index contributed by atoms with van der Waals surface area (Å²) < 4.78 is 4.23. The predicted molar refractivity (Wildman–Crippen MR) is 98.8 cm³/mol. The predicted octanol–water partition coefficient (Wildman–Crippen LogP) is 7.48. The first-order valence-corrected chi connectivity index (χ1v) is 9.17. The first-order valence-electron chi connectivity index (χ1n) is 8.04. The third-order valence-corrected chi connectivity index (χ3v) is 4.53. The zero-order chi connectivity index (χ0) is 16.8. The van der Waals surface area contributed by atoms with Gasteiger partial charge in [0, 0.05) is 7.11 Å². The van der Waals surface area contributed by atoms with E-state index < -0.39 is 9.39 Å². The Morgan fingerprint density at radius 2 is 1.38 bits per heavy atom. The van der Waals surface area contributed by atoms with Crippen LogP contribution in [0, 0.1) is 0 Å². The highest BCUT2D eigenvalue weighted by molar-refractivity contribution is 6.68. The molecule has 0 aromatic rings. The molecule has 0 N–H and O–H groups in total. The van der Waals surface area contributed by atoms with Gasteiger partial charge in [0.2, 0.25) is 3.79 Å². The van der Waals surface area contributed by atoms with Crippen LogP contribution in [0.5, 0.6) is 0 Å². The number of rotatable bonds is 10. The molecule has 0 spiro atoms. The normalized spacial score (nSPS) is 14.0. The van der Waals surface area contributed by atoms with Gasteiger partial charge < -0.3 is 4.74 Å². The van der Waals surface area contributed by atoms with Crippen molar-refractivity contribution in [1.82, 2.24) is 0 Å². The zero-order valence-corrected chi connectivity index (χ0v) is 16.5. The van der Waals surface area contributed by atoms with E-state index in [2.05, 4.69) is 20.4 Å². The lowest BCUT2D eigenvalue weighted by molar-refractivity contribution is -0.0237. The van der Waals surface area contributed by atoms with E-state index in [-0.39, 0.29) is 0 Å². The van der Waals surface area contributed by atoms with Gasteiger partial charge in [-0.1, -0.05) is 99.7 Å². The lowest BCUT2D eigenvalue weighted by Gasteiger charge is -2.38. The van der Waals surface area contributed by atoms with Gasteiger partial charge in [0.1, 0.15) is 5.60 Å².